The van der Waals surface area contributed by atoms with Gasteiger partial charge in [-0.05, 0) is 48.1 Å². The summed E-state index contributed by atoms with van der Waals surface area (Å²) in [5, 5.41) is 3.11. The molecule has 1 aliphatic carbocycles. The predicted octanol–water partition coefficient (Wildman–Crippen LogP) is 3.23. The number of anilines is 2. The van der Waals surface area contributed by atoms with Gasteiger partial charge in [0, 0.05) is 11.4 Å². The van der Waals surface area contributed by atoms with Crippen molar-refractivity contribution in [2.75, 3.05) is 11.1 Å². The molecule has 1 saturated carbocycles. The third kappa shape index (κ3) is 1.77. The maximum Gasteiger partial charge on any atom is 0.235 e. The van der Waals surface area contributed by atoms with E-state index < -0.39 is 0 Å². The van der Waals surface area contributed by atoms with E-state index in [0.29, 0.717) is 0 Å². The van der Waals surface area contributed by atoms with Crippen LogP contribution in [0.1, 0.15) is 36.0 Å². The molecule has 1 amide bonds. The van der Waals surface area contributed by atoms with Gasteiger partial charge in [0.15, 0.2) is 0 Å². The van der Waals surface area contributed by atoms with Gasteiger partial charge >= 0.3 is 0 Å². The molecule has 2 aromatic rings. The van der Waals surface area contributed by atoms with Gasteiger partial charge in [-0.25, -0.2) is 0 Å². The molecule has 0 saturated heterocycles. The summed E-state index contributed by atoms with van der Waals surface area (Å²) >= 11 is 0. The van der Waals surface area contributed by atoms with Crippen LogP contribution in [0.4, 0.5) is 11.4 Å². The number of amides is 1. The molecule has 3 heteroatoms. The quantitative estimate of drug-likeness (QED) is 0.829. The lowest BCUT2D eigenvalue weighted by molar-refractivity contribution is -0.123. The van der Waals surface area contributed by atoms with Crippen molar-refractivity contribution in [3.8, 4) is 0 Å². The lowest BCUT2D eigenvalue weighted by atomic mass is 9.65. The van der Waals surface area contributed by atoms with Crippen LogP contribution in [-0.4, -0.2) is 5.91 Å². The van der Waals surface area contributed by atoms with E-state index in [4.69, 9.17) is 5.73 Å². The van der Waals surface area contributed by atoms with Crippen LogP contribution in [0.15, 0.2) is 42.5 Å². The molecule has 2 aromatic carbocycles. The first kappa shape index (κ1) is 12.5. The lowest BCUT2D eigenvalue weighted by Gasteiger charge is -2.36. The molecular weight excluding hydrogens is 260 g/mol. The highest BCUT2D eigenvalue weighted by Crippen LogP contribution is 2.52. The minimum Gasteiger partial charge on any atom is -0.399 e. The largest absolute Gasteiger partial charge is 0.399 e. The Balaban J connectivity index is 1.80. The van der Waals surface area contributed by atoms with Crippen LogP contribution in [0.25, 0.3) is 0 Å². The normalized spacial score (nSPS) is 18.2. The van der Waals surface area contributed by atoms with Gasteiger partial charge in [0.25, 0.3) is 0 Å². The van der Waals surface area contributed by atoms with E-state index >= 15 is 0 Å². The number of hydrogen-bond donors (Lipinski definition) is 2. The van der Waals surface area contributed by atoms with Gasteiger partial charge in [-0.15, -0.1) is 0 Å². The van der Waals surface area contributed by atoms with Gasteiger partial charge in [0.2, 0.25) is 5.91 Å². The van der Waals surface area contributed by atoms with Gasteiger partial charge in [-0.2, -0.15) is 0 Å². The third-order valence-corrected chi connectivity index (χ3v) is 4.88. The molecule has 0 atom stereocenters. The zero-order valence-corrected chi connectivity index (χ0v) is 11.9. The number of benzene rings is 2. The first-order valence-electron chi connectivity index (χ1n) is 7.47. The Kier molecular flexibility index (Phi) is 2.58. The minimum atomic E-state index is -0.295. The van der Waals surface area contributed by atoms with E-state index in [9.17, 15) is 4.79 Å². The molecule has 1 aliphatic heterocycles. The summed E-state index contributed by atoms with van der Waals surface area (Å²) in [5.74, 6) is 0.156. The highest BCUT2D eigenvalue weighted by atomic mass is 16.2. The second-order valence-corrected chi connectivity index (χ2v) is 6.15. The molecule has 0 bridgehead atoms. The second-order valence-electron chi connectivity index (χ2n) is 6.15. The summed E-state index contributed by atoms with van der Waals surface area (Å²) in [6, 6.07) is 14.3. The second kappa shape index (κ2) is 4.35. The third-order valence-electron chi connectivity index (χ3n) is 4.88. The molecule has 1 heterocycles. The standard InChI is InChI=1S/C18H18N2O/c19-14-10-13(9-12-5-2-1-3-6-12)16-15(11-14)18(7-4-8-18)17(21)20-16/h1-3,5-6,10-11H,4,7-9,19H2,(H,20,21). The van der Waals surface area contributed by atoms with E-state index in [2.05, 4.69) is 17.4 Å². The summed E-state index contributed by atoms with van der Waals surface area (Å²) < 4.78 is 0. The molecular formula is C18H18N2O. The summed E-state index contributed by atoms with van der Waals surface area (Å²) in [4.78, 5) is 12.4. The topological polar surface area (TPSA) is 55.1 Å². The fraction of sp³-hybridized carbons (Fsp3) is 0.278. The summed E-state index contributed by atoms with van der Waals surface area (Å²) in [5.41, 5.74) is 11.0. The average Bonchev–Trinajstić information content (AvgIpc) is 2.72. The fourth-order valence-corrected chi connectivity index (χ4v) is 3.59. The monoisotopic (exact) mass is 278 g/mol. The Morgan fingerprint density at radius 2 is 1.90 bits per heavy atom. The Morgan fingerprint density at radius 3 is 2.57 bits per heavy atom. The number of nitrogen functional groups attached to an aromatic ring is 1. The number of hydrogen-bond acceptors (Lipinski definition) is 2. The van der Waals surface area contributed by atoms with Crippen LogP contribution < -0.4 is 11.1 Å². The van der Waals surface area contributed by atoms with Crippen LogP contribution in [0.3, 0.4) is 0 Å². The van der Waals surface area contributed by atoms with Crippen molar-refractivity contribution >= 4 is 17.3 Å². The zero-order chi connectivity index (χ0) is 14.4. The molecule has 2 aliphatic rings. The molecule has 4 rings (SSSR count). The van der Waals surface area contributed by atoms with Gasteiger partial charge in [0.1, 0.15) is 0 Å². The smallest absolute Gasteiger partial charge is 0.235 e. The van der Waals surface area contributed by atoms with Crippen molar-refractivity contribution in [1.82, 2.24) is 0 Å². The maximum atomic E-state index is 12.4. The molecule has 0 aromatic heterocycles. The van der Waals surface area contributed by atoms with Crippen molar-refractivity contribution in [2.24, 2.45) is 0 Å². The van der Waals surface area contributed by atoms with Gasteiger partial charge < -0.3 is 11.1 Å². The van der Waals surface area contributed by atoms with Crippen LogP contribution >= 0.6 is 0 Å². The molecule has 106 valence electrons. The molecule has 3 N–H and O–H groups in total. The van der Waals surface area contributed by atoms with E-state index in [0.717, 1.165) is 48.2 Å². The average molecular weight is 278 g/mol. The fourth-order valence-electron chi connectivity index (χ4n) is 3.59. The molecule has 3 nitrogen and oxygen atoms in total. The van der Waals surface area contributed by atoms with Crippen LogP contribution in [0, 0.1) is 0 Å². The van der Waals surface area contributed by atoms with Crippen LogP contribution in [0.2, 0.25) is 0 Å². The van der Waals surface area contributed by atoms with Crippen molar-refractivity contribution < 1.29 is 4.79 Å². The van der Waals surface area contributed by atoms with Gasteiger partial charge in [-0.3, -0.25) is 4.79 Å². The predicted molar refractivity (Wildman–Crippen MR) is 84.3 cm³/mol. The molecule has 0 radical (unpaired) electrons. The number of carbonyl (C=O) groups excluding carboxylic acids is 1. The Bertz CT molecular complexity index is 717. The van der Waals surface area contributed by atoms with Crippen molar-refractivity contribution in [3.05, 3.63) is 59.2 Å². The number of carbonyl (C=O) groups is 1. The van der Waals surface area contributed by atoms with Gasteiger partial charge in [-0.1, -0.05) is 36.8 Å². The number of rotatable bonds is 2. The van der Waals surface area contributed by atoms with Crippen molar-refractivity contribution in [3.63, 3.8) is 0 Å². The summed E-state index contributed by atoms with van der Waals surface area (Å²) in [6.07, 6.45) is 3.81. The minimum absolute atomic E-state index is 0.156. The van der Waals surface area contributed by atoms with E-state index in [-0.39, 0.29) is 11.3 Å². The zero-order valence-electron chi connectivity index (χ0n) is 11.9. The van der Waals surface area contributed by atoms with E-state index in [1.165, 1.54) is 5.56 Å². The SMILES string of the molecule is Nc1cc(Cc2ccccc2)c2c(c1)C1(CCC1)C(=O)N2. The first-order valence-corrected chi connectivity index (χ1v) is 7.47. The number of fused-ring (bicyclic) bond motifs is 2. The highest BCUT2D eigenvalue weighted by Gasteiger charge is 2.51. The molecule has 0 unspecified atom stereocenters. The molecule has 1 spiro atoms. The highest BCUT2D eigenvalue weighted by molar-refractivity contribution is 6.08. The Hall–Kier alpha value is -2.29. The first-order chi connectivity index (χ1) is 10.2. The van der Waals surface area contributed by atoms with Crippen molar-refractivity contribution in [1.29, 1.82) is 0 Å². The summed E-state index contributed by atoms with van der Waals surface area (Å²) in [6.45, 7) is 0. The molecule has 1 fully saturated rings. The maximum absolute atomic E-state index is 12.4. The summed E-state index contributed by atoms with van der Waals surface area (Å²) in [7, 11) is 0. The van der Waals surface area contributed by atoms with E-state index in [1.54, 1.807) is 0 Å². The Morgan fingerprint density at radius 1 is 1.14 bits per heavy atom. The van der Waals surface area contributed by atoms with Crippen LogP contribution in [-0.2, 0) is 16.6 Å². The van der Waals surface area contributed by atoms with Crippen LogP contribution in [0.5, 0.6) is 0 Å². The lowest BCUT2D eigenvalue weighted by Crippen LogP contribution is -2.40. The number of nitrogens with one attached hydrogen (secondary N) is 1. The Labute approximate surface area is 124 Å². The van der Waals surface area contributed by atoms with Gasteiger partial charge in [0.05, 0.1) is 5.41 Å². The van der Waals surface area contributed by atoms with E-state index in [1.807, 2.05) is 30.3 Å². The number of nitrogens with two attached hydrogens (primary N) is 1. The molecule has 21 heavy (non-hydrogen) atoms. The van der Waals surface area contributed by atoms with Crippen molar-refractivity contribution in [2.45, 2.75) is 31.1 Å².